The Kier molecular flexibility index (Phi) is 6.76. The van der Waals surface area contributed by atoms with Crippen LogP contribution in [0.1, 0.15) is 41.1 Å². The summed E-state index contributed by atoms with van der Waals surface area (Å²) >= 11 is 1.60. The number of fused-ring (bicyclic) bond motifs is 1. The molecule has 5 rings (SSSR count). The van der Waals surface area contributed by atoms with Crippen LogP contribution in [0.5, 0.6) is 5.75 Å². The number of carbonyl (C=O) groups excluding carboxylic acids is 1. The molecular weight excluding hydrogens is 432 g/mol. The number of amides is 1. The van der Waals surface area contributed by atoms with Crippen molar-refractivity contribution in [3.8, 4) is 5.75 Å². The van der Waals surface area contributed by atoms with Crippen molar-refractivity contribution in [3.63, 3.8) is 0 Å². The third kappa shape index (κ3) is 5.13. The van der Waals surface area contributed by atoms with Gasteiger partial charge in [-0.3, -0.25) is 9.69 Å². The van der Waals surface area contributed by atoms with Crippen LogP contribution in [0.25, 0.3) is 0 Å². The molecule has 2 aromatic carbocycles. The van der Waals surface area contributed by atoms with E-state index in [-0.39, 0.29) is 17.9 Å². The molecule has 0 spiro atoms. The Morgan fingerprint density at radius 2 is 1.79 bits per heavy atom. The van der Waals surface area contributed by atoms with Gasteiger partial charge in [-0.05, 0) is 41.8 Å². The minimum absolute atomic E-state index is 0.116. The van der Waals surface area contributed by atoms with Gasteiger partial charge in [0.15, 0.2) is 0 Å². The van der Waals surface area contributed by atoms with Crippen molar-refractivity contribution < 1.29 is 14.6 Å². The first kappa shape index (κ1) is 22.1. The molecule has 0 saturated carbocycles. The van der Waals surface area contributed by atoms with Gasteiger partial charge in [0.25, 0.3) is 0 Å². The molecule has 0 aliphatic carbocycles. The number of para-hydroxylation sites is 1. The molecule has 1 saturated heterocycles. The van der Waals surface area contributed by atoms with Gasteiger partial charge >= 0.3 is 0 Å². The van der Waals surface area contributed by atoms with Crippen LogP contribution in [0, 0.1) is 5.92 Å². The summed E-state index contributed by atoms with van der Waals surface area (Å²) in [4.78, 5) is 18.4. The number of hydrogen-bond acceptors (Lipinski definition) is 5. The molecule has 6 heteroatoms. The van der Waals surface area contributed by atoms with Crippen LogP contribution < -0.4 is 4.74 Å². The minimum atomic E-state index is -0.423. The average molecular weight is 463 g/mol. The first-order valence-corrected chi connectivity index (χ1v) is 12.6. The van der Waals surface area contributed by atoms with Crippen LogP contribution in [0.3, 0.4) is 0 Å². The summed E-state index contributed by atoms with van der Waals surface area (Å²) < 4.78 is 6.38. The number of ether oxygens (including phenoxy) is 1. The smallest absolute Gasteiger partial charge is 0.236 e. The topological polar surface area (TPSA) is 53.0 Å². The standard InChI is InChI=1S/C27H30N2O3S/c30-26(29-14-12-21(13-15-29)27(31)25-11-6-16-33-25)19-28-17-22-9-4-5-10-23(22)32-24(18-28)20-7-2-1-3-8-20/h1-11,16,21,24,27,31H,12-15,17-19H2/t24-,27+/m0/s1. The Bertz CT molecular complexity index is 1050. The fourth-order valence-electron chi connectivity index (χ4n) is 4.89. The van der Waals surface area contributed by atoms with Crippen LogP contribution in [0.15, 0.2) is 72.1 Å². The van der Waals surface area contributed by atoms with Crippen molar-refractivity contribution in [3.05, 3.63) is 88.1 Å². The lowest BCUT2D eigenvalue weighted by Crippen LogP contribution is -2.45. The van der Waals surface area contributed by atoms with Crippen molar-refractivity contribution in [2.45, 2.75) is 31.6 Å². The SMILES string of the molecule is O=C(CN1Cc2ccccc2O[C@H](c2ccccc2)C1)N1CCC([C@@H](O)c2cccs2)CC1. The zero-order valence-electron chi connectivity index (χ0n) is 18.7. The first-order chi connectivity index (χ1) is 16.2. The molecule has 2 aliphatic heterocycles. The summed E-state index contributed by atoms with van der Waals surface area (Å²) in [5.74, 6) is 1.27. The molecule has 1 aromatic heterocycles. The van der Waals surface area contributed by atoms with Crippen molar-refractivity contribution in [1.29, 1.82) is 0 Å². The molecule has 33 heavy (non-hydrogen) atoms. The highest BCUT2D eigenvalue weighted by Gasteiger charge is 2.31. The summed E-state index contributed by atoms with van der Waals surface area (Å²) in [6.07, 6.45) is 1.13. The lowest BCUT2D eigenvalue weighted by atomic mass is 9.90. The minimum Gasteiger partial charge on any atom is -0.484 e. The van der Waals surface area contributed by atoms with Gasteiger partial charge in [-0.15, -0.1) is 11.3 Å². The predicted octanol–water partition coefficient (Wildman–Crippen LogP) is 4.66. The van der Waals surface area contributed by atoms with E-state index in [0.29, 0.717) is 32.7 Å². The highest BCUT2D eigenvalue weighted by atomic mass is 32.1. The highest BCUT2D eigenvalue weighted by molar-refractivity contribution is 7.10. The van der Waals surface area contributed by atoms with Crippen LogP contribution in [-0.2, 0) is 11.3 Å². The van der Waals surface area contributed by atoms with E-state index in [0.717, 1.165) is 34.6 Å². The van der Waals surface area contributed by atoms with E-state index in [2.05, 4.69) is 23.1 Å². The molecule has 172 valence electrons. The van der Waals surface area contributed by atoms with E-state index in [1.807, 2.05) is 58.8 Å². The zero-order chi connectivity index (χ0) is 22.6. The second-order valence-electron chi connectivity index (χ2n) is 8.97. The maximum Gasteiger partial charge on any atom is 0.236 e. The van der Waals surface area contributed by atoms with Crippen molar-refractivity contribution in [2.75, 3.05) is 26.2 Å². The summed E-state index contributed by atoms with van der Waals surface area (Å²) in [5, 5.41) is 12.7. The normalized spacial score (nSPS) is 20.5. The molecule has 2 atom stereocenters. The lowest BCUT2D eigenvalue weighted by molar-refractivity contribution is -0.134. The largest absolute Gasteiger partial charge is 0.484 e. The van der Waals surface area contributed by atoms with E-state index in [1.165, 1.54) is 0 Å². The fraction of sp³-hybridized carbons (Fsp3) is 0.370. The zero-order valence-corrected chi connectivity index (χ0v) is 19.5. The van der Waals surface area contributed by atoms with Crippen molar-refractivity contribution in [1.82, 2.24) is 9.80 Å². The number of carbonyl (C=O) groups is 1. The molecule has 0 bridgehead atoms. The van der Waals surface area contributed by atoms with Crippen LogP contribution in [0.2, 0.25) is 0 Å². The van der Waals surface area contributed by atoms with Crippen molar-refractivity contribution in [2.24, 2.45) is 5.92 Å². The van der Waals surface area contributed by atoms with Crippen LogP contribution in [0.4, 0.5) is 0 Å². The maximum absolute atomic E-state index is 13.2. The Morgan fingerprint density at radius 1 is 1.03 bits per heavy atom. The number of aliphatic hydroxyl groups excluding tert-OH is 1. The fourth-order valence-corrected chi connectivity index (χ4v) is 5.69. The third-order valence-electron chi connectivity index (χ3n) is 6.76. The first-order valence-electron chi connectivity index (χ1n) is 11.7. The summed E-state index contributed by atoms with van der Waals surface area (Å²) in [6, 6.07) is 22.3. The molecule has 1 fully saturated rings. The van der Waals surface area contributed by atoms with Gasteiger partial charge < -0.3 is 14.7 Å². The maximum atomic E-state index is 13.2. The van der Waals surface area contributed by atoms with E-state index < -0.39 is 6.10 Å². The summed E-state index contributed by atoms with van der Waals surface area (Å²) in [7, 11) is 0. The number of likely N-dealkylation sites (tertiary alicyclic amines) is 1. The Balaban J connectivity index is 1.24. The molecular formula is C27H30N2O3S. The number of thiophene rings is 1. The second-order valence-corrected chi connectivity index (χ2v) is 9.95. The summed E-state index contributed by atoms with van der Waals surface area (Å²) in [6.45, 7) is 3.14. The van der Waals surface area contributed by atoms with Crippen LogP contribution in [-0.4, -0.2) is 47.0 Å². The van der Waals surface area contributed by atoms with E-state index >= 15 is 0 Å². The number of nitrogens with zero attached hydrogens (tertiary/aromatic N) is 2. The van der Waals surface area contributed by atoms with Gasteiger partial charge in [-0.25, -0.2) is 0 Å². The molecule has 2 aliphatic rings. The van der Waals surface area contributed by atoms with Gasteiger partial charge in [-0.1, -0.05) is 54.6 Å². The molecule has 3 heterocycles. The van der Waals surface area contributed by atoms with Gasteiger partial charge in [-0.2, -0.15) is 0 Å². The molecule has 1 N–H and O–H groups in total. The Labute approximate surface area is 199 Å². The summed E-state index contributed by atoms with van der Waals surface area (Å²) in [5.41, 5.74) is 2.23. The second kappa shape index (κ2) is 10.1. The quantitative estimate of drug-likeness (QED) is 0.599. The lowest BCUT2D eigenvalue weighted by Gasteiger charge is -2.35. The number of piperidine rings is 1. The van der Waals surface area contributed by atoms with Gasteiger partial charge in [0, 0.05) is 36.6 Å². The third-order valence-corrected chi connectivity index (χ3v) is 7.71. The van der Waals surface area contributed by atoms with Gasteiger partial charge in [0.05, 0.1) is 12.6 Å². The average Bonchev–Trinajstić information content (AvgIpc) is 3.33. The Hall–Kier alpha value is -2.67. The molecule has 0 unspecified atom stereocenters. The van der Waals surface area contributed by atoms with Crippen LogP contribution >= 0.6 is 11.3 Å². The number of aliphatic hydroxyl groups is 1. The number of rotatable bonds is 5. The van der Waals surface area contributed by atoms with Gasteiger partial charge in [0.1, 0.15) is 11.9 Å². The molecule has 3 aromatic rings. The Morgan fingerprint density at radius 3 is 2.55 bits per heavy atom. The van der Waals surface area contributed by atoms with Gasteiger partial charge in [0.2, 0.25) is 5.91 Å². The highest BCUT2D eigenvalue weighted by Crippen LogP contribution is 2.34. The van der Waals surface area contributed by atoms with E-state index in [4.69, 9.17) is 4.74 Å². The molecule has 1 amide bonds. The number of benzene rings is 2. The predicted molar refractivity (Wildman–Crippen MR) is 130 cm³/mol. The molecule has 0 radical (unpaired) electrons. The molecule has 5 nitrogen and oxygen atoms in total. The van der Waals surface area contributed by atoms with E-state index in [9.17, 15) is 9.90 Å². The number of hydrogen-bond donors (Lipinski definition) is 1. The monoisotopic (exact) mass is 462 g/mol. The van der Waals surface area contributed by atoms with E-state index in [1.54, 1.807) is 11.3 Å². The van der Waals surface area contributed by atoms with Crippen molar-refractivity contribution >= 4 is 17.2 Å².